The van der Waals surface area contributed by atoms with Crippen LogP contribution in [0.15, 0.2) is 49.6 Å². The zero-order valence-corrected chi connectivity index (χ0v) is 25.3. The predicted octanol–water partition coefficient (Wildman–Crippen LogP) is 4.29. The van der Waals surface area contributed by atoms with E-state index in [0.717, 1.165) is 12.8 Å². The van der Waals surface area contributed by atoms with Gasteiger partial charge in [0.15, 0.2) is 0 Å². The summed E-state index contributed by atoms with van der Waals surface area (Å²) in [5.41, 5.74) is -1.43. The lowest BCUT2D eigenvalue weighted by atomic mass is 9.62. The third kappa shape index (κ3) is 5.61. The van der Waals surface area contributed by atoms with Crippen LogP contribution in [-0.2, 0) is 23.9 Å². The second-order valence-electron chi connectivity index (χ2n) is 11.9. The number of carbonyl (C=O) groups excluding carboxylic acids is 3. The number of anilines is 1. The quantitative estimate of drug-likeness (QED) is 0.176. The molecule has 3 aliphatic heterocycles. The molecule has 42 heavy (non-hydrogen) atoms. The highest BCUT2D eigenvalue weighted by atomic mass is 16.6. The second kappa shape index (κ2) is 13.4. The van der Waals surface area contributed by atoms with Crippen molar-refractivity contribution >= 4 is 23.5 Å². The van der Waals surface area contributed by atoms with Gasteiger partial charge in [-0.05, 0) is 82.1 Å². The summed E-state index contributed by atoms with van der Waals surface area (Å²) in [6.45, 7) is 12.4. The van der Waals surface area contributed by atoms with E-state index >= 15 is 0 Å². The first-order valence-electron chi connectivity index (χ1n) is 15.2. The summed E-state index contributed by atoms with van der Waals surface area (Å²) in [6, 6.07) is 6.27. The zero-order chi connectivity index (χ0) is 30.5. The molecule has 2 bridgehead atoms. The van der Waals surface area contributed by atoms with Gasteiger partial charge in [-0.1, -0.05) is 19.1 Å². The summed E-state index contributed by atoms with van der Waals surface area (Å²) in [5, 5.41) is 9.30. The maximum Gasteiger partial charge on any atom is 0.312 e. The van der Waals surface area contributed by atoms with Gasteiger partial charge >= 0.3 is 5.97 Å². The highest BCUT2D eigenvalue weighted by molar-refractivity contribution is 6.04. The largest absolute Gasteiger partial charge is 0.497 e. The first-order valence-corrected chi connectivity index (χ1v) is 15.2. The van der Waals surface area contributed by atoms with Crippen LogP contribution in [0.4, 0.5) is 5.69 Å². The number of fused-ring (bicyclic) bond motifs is 1. The van der Waals surface area contributed by atoms with Crippen LogP contribution in [0.2, 0.25) is 0 Å². The Bertz CT molecular complexity index is 1150. The third-order valence-corrected chi connectivity index (χ3v) is 9.37. The van der Waals surface area contributed by atoms with Crippen molar-refractivity contribution in [1.82, 2.24) is 4.90 Å². The lowest BCUT2D eigenvalue weighted by Gasteiger charge is -2.37. The number of rotatable bonds is 16. The second-order valence-corrected chi connectivity index (χ2v) is 11.9. The molecule has 230 valence electrons. The molecule has 3 unspecified atom stereocenters. The van der Waals surface area contributed by atoms with Crippen molar-refractivity contribution in [2.75, 3.05) is 38.3 Å². The molecule has 3 aliphatic rings. The number of amides is 2. The number of methoxy groups -OCH3 is 1. The molecule has 9 heteroatoms. The van der Waals surface area contributed by atoms with Crippen LogP contribution in [0.5, 0.6) is 5.75 Å². The van der Waals surface area contributed by atoms with Crippen molar-refractivity contribution < 1.29 is 33.7 Å². The van der Waals surface area contributed by atoms with E-state index < -0.39 is 35.0 Å². The number of nitrogens with zero attached hydrogens (tertiary/aromatic N) is 2. The number of hydrogen-bond donors (Lipinski definition) is 1. The van der Waals surface area contributed by atoms with E-state index in [-0.39, 0.29) is 37.5 Å². The lowest BCUT2D eigenvalue weighted by molar-refractivity contribution is -0.161. The van der Waals surface area contributed by atoms with Gasteiger partial charge in [-0.15, -0.1) is 13.2 Å². The lowest BCUT2D eigenvalue weighted by Crippen LogP contribution is -2.57. The molecule has 0 saturated carbocycles. The third-order valence-electron chi connectivity index (χ3n) is 9.37. The van der Waals surface area contributed by atoms with Gasteiger partial charge in [0.05, 0.1) is 25.2 Å². The average molecular weight is 583 g/mol. The molecule has 1 N–H and O–H groups in total. The fraction of sp³-hybridized carbons (Fsp3) is 0.606. The smallest absolute Gasteiger partial charge is 0.312 e. The van der Waals surface area contributed by atoms with E-state index in [2.05, 4.69) is 13.2 Å². The molecule has 4 rings (SSSR count). The van der Waals surface area contributed by atoms with Crippen molar-refractivity contribution in [2.24, 2.45) is 17.8 Å². The highest BCUT2D eigenvalue weighted by Crippen LogP contribution is 2.65. The number of esters is 1. The molecule has 3 saturated heterocycles. The van der Waals surface area contributed by atoms with E-state index in [1.165, 1.54) is 0 Å². The zero-order valence-electron chi connectivity index (χ0n) is 25.3. The van der Waals surface area contributed by atoms with Crippen LogP contribution in [0.1, 0.15) is 58.8 Å². The Morgan fingerprint density at radius 2 is 1.88 bits per heavy atom. The Kier molecular flexibility index (Phi) is 10.1. The minimum absolute atomic E-state index is 0.0626. The van der Waals surface area contributed by atoms with E-state index in [0.29, 0.717) is 50.1 Å². The van der Waals surface area contributed by atoms with Gasteiger partial charge < -0.3 is 29.1 Å². The maximum absolute atomic E-state index is 14.6. The fourth-order valence-corrected chi connectivity index (χ4v) is 7.20. The molecule has 1 spiro atoms. The number of aliphatic hydroxyl groups excluding tert-OH is 1. The minimum atomic E-state index is -1.16. The van der Waals surface area contributed by atoms with Crippen molar-refractivity contribution in [2.45, 2.75) is 76.0 Å². The summed E-state index contributed by atoms with van der Waals surface area (Å²) < 4.78 is 17.9. The van der Waals surface area contributed by atoms with E-state index in [9.17, 15) is 19.5 Å². The van der Waals surface area contributed by atoms with E-state index in [4.69, 9.17) is 14.2 Å². The molecular weight excluding hydrogens is 536 g/mol. The highest BCUT2D eigenvalue weighted by Gasteiger charge is 2.80. The van der Waals surface area contributed by atoms with Gasteiger partial charge in [-0.2, -0.15) is 0 Å². The average Bonchev–Trinajstić information content (AvgIpc) is 3.50. The number of benzene rings is 1. The van der Waals surface area contributed by atoms with Crippen LogP contribution >= 0.6 is 0 Å². The molecule has 3 fully saturated rings. The van der Waals surface area contributed by atoms with Crippen LogP contribution in [0.25, 0.3) is 0 Å². The van der Waals surface area contributed by atoms with Gasteiger partial charge in [0.25, 0.3) is 5.91 Å². The molecule has 1 aromatic carbocycles. The van der Waals surface area contributed by atoms with Crippen molar-refractivity contribution in [3.8, 4) is 5.75 Å². The van der Waals surface area contributed by atoms with E-state index in [1.54, 1.807) is 47.3 Å². The summed E-state index contributed by atoms with van der Waals surface area (Å²) in [7, 11) is 1.58. The molecule has 6 atom stereocenters. The van der Waals surface area contributed by atoms with Gasteiger partial charge in [0.2, 0.25) is 5.91 Å². The fourth-order valence-electron chi connectivity index (χ4n) is 7.20. The number of hydrogen-bond acceptors (Lipinski definition) is 7. The SMILES string of the molecule is C=CCCCCOC(=O)[C@@H]1[C@H]2C(=O)N(CCCCCO)C(C(=O)N(CC=C)c3ccc(OC)cc3)C23CC(C)[C@@]1(C)O3. The minimum Gasteiger partial charge on any atom is -0.497 e. The number of carbonyl (C=O) groups is 3. The molecule has 3 heterocycles. The summed E-state index contributed by atoms with van der Waals surface area (Å²) in [5.74, 6) is -1.97. The van der Waals surface area contributed by atoms with Crippen LogP contribution < -0.4 is 9.64 Å². The van der Waals surface area contributed by atoms with Gasteiger partial charge in [0, 0.05) is 25.4 Å². The molecule has 0 aromatic heterocycles. The van der Waals surface area contributed by atoms with Crippen molar-refractivity contribution in [3.05, 3.63) is 49.6 Å². The Morgan fingerprint density at radius 1 is 1.14 bits per heavy atom. The summed E-state index contributed by atoms with van der Waals surface area (Å²) in [6.07, 6.45) is 8.32. The summed E-state index contributed by atoms with van der Waals surface area (Å²) in [4.78, 5) is 45.8. The first kappa shape index (κ1) is 31.8. The molecule has 0 aliphatic carbocycles. The van der Waals surface area contributed by atoms with Crippen molar-refractivity contribution in [1.29, 1.82) is 0 Å². The van der Waals surface area contributed by atoms with Gasteiger partial charge in [-0.3, -0.25) is 14.4 Å². The van der Waals surface area contributed by atoms with Crippen molar-refractivity contribution in [3.63, 3.8) is 0 Å². The number of likely N-dealkylation sites (tertiary alicyclic amines) is 1. The summed E-state index contributed by atoms with van der Waals surface area (Å²) >= 11 is 0. The normalized spacial score (nSPS) is 29.3. The molecule has 9 nitrogen and oxygen atoms in total. The number of unbranched alkanes of at least 4 members (excludes halogenated alkanes) is 4. The van der Waals surface area contributed by atoms with Gasteiger partial charge in [0.1, 0.15) is 23.3 Å². The Labute approximate surface area is 249 Å². The van der Waals surface area contributed by atoms with Crippen LogP contribution in [-0.4, -0.2) is 78.4 Å². The Hall–Kier alpha value is -3.17. The molecule has 1 aromatic rings. The number of aliphatic hydroxyl groups is 1. The maximum atomic E-state index is 14.6. The predicted molar refractivity (Wildman–Crippen MR) is 160 cm³/mol. The van der Waals surface area contributed by atoms with E-state index in [1.807, 2.05) is 19.9 Å². The number of ether oxygens (including phenoxy) is 3. The monoisotopic (exact) mass is 582 g/mol. The van der Waals surface area contributed by atoms with Gasteiger partial charge in [-0.25, -0.2) is 0 Å². The topological polar surface area (TPSA) is 106 Å². The standard InChI is InChI=1S/C33H46N2O7/c1-6-8-9-13-21-41-31(39)27-26-29(37)35(19-11-10-12-20-36)28(33(26)22-23(3)32(27,4)42-33)30(38)34(18-7-2)24-14-16-25(40-5)17-15-24/h6-7,14-17,23,26-28,36H,1-2,8-13,18-22H2,3-5H3/t23?,26-,27-,28?,32+,33?/m0/s1. The molecule has 0 radical (unpaired) electrons. The Morgan fingerprint density at radius 3 is 2.52 bits per heavy atom. The first-order chi connectivity index (χ1) is 20.2. The Balaban J connectivity index is 1.71. The molecular formula is C33H46N2O7. The number of allylic oxidation sites excluding steroid dienone is 1. The molecule has 2 amide bonds. The van der Waals surface area contributed by atoms with Crippen LogP contribution in [0.3, 0.4) is 0 Å². The van der Waals surface area contributed by atoms with Crippen LogP contribution in [0, 0.1) is 17.8 Å².